The van der Waals surface area contributed by atoms with E-state index >= 15 is 0 Å². The maximum absolute atomic E-state index is 12.0. The van der Waals surface area contributed by atoms with Gasteiger partial charge in [-0.25, -0.2) is 0 Å². The molecule has 0 aliphatic carbocycles. The van der Waals surface area contributed by atoms with Crippen LogP contribution in [-0.4, -0.2) is 69.3 Å². The summed E-state index contributed by atoms with van der Waals surface area (Å²) in [5.41, 5.74) is 0. The lowest BCUT2D eigenvalue weighted by Gasteiger charge is -2.19. The molecule has 0 aromatic carbocycles. The van der Waals surface area contributed by atoms with Crippen LogP contribution in [0.25, 0.3) is 0 Å². The summed E-state index contributed by atoms with van der Waals surface area (Å²) in [5, 5.41) is 0. The Morgan fingerprint density at radius 2 is 0.909 bits per heavy atom. The standard InChI is InChI=1S/C14H30O7S/c1-5-16-9-13(10-17-6-2)20-22(15)21-14(11-18-7-3)12-19-8-4/h13-14H,5-12H2,1-4H3. The fourth-order valence-electron chi connectivity index (χ4n) is 1.45. The molecule has 0 aliphatic rings. The highest BCUT2D eigenvalue weighted by Gasteiger charge is 2.19. The molecule has 0 fully saturated rings. The summed E-state index contributed by atoms with van der Waals surface area (Å²) in [5.74, 6) is 0. The van der Waals surface area contributed by atoms with E-state index < -0.39 is 23.6 Å². The SMILES string of the molecule is CCOCC(COCC)OS(=O)OC(COCC)COCC. The third-order valence-corrected chi connectivity index (χ3v) is 3.32. The van der Waals surface area contributed by atoms with Gasteiger partial charge in [0.15, 0.2) is 0 Å². The Kier molecular flexibility index (Phi) is 15.7. The third-order valence-electron chi connectivity index (χ3n) is 2.46. The van der Waals surface area contributed by atoms with Gasteiger partial charge in [-0.2, -0.15) is 4.21 Å². The molecule has 0 aromatic heterocycles. The Labute approximate surface area is 136 Å². The fraction of sp³-hybridized carbons (Fsp3) is 1.00. The largest absolute Gasteiger partial charge is 0.379 e. The smallest absolute Gasteiger partial charge is 0.305 e. The van der Waals surface area contributed by atoms with Crippen LogP contribution >= 0.6 is 0 Å². The van der Waals surface area contributed by atoms with Crippen molar-refractivity contribution in [1.82, 2.24) is 0 Å². The highest BCUT2D eigenvalue weighted by atomic mass is 32.2. The Balaban J connectivity index is 4.27. The molecule has 0 amide bonds. The molecular weight excluding hydrogens is 312 g/mol. The number of hydrogen-bond acceptors (Lipinski definition) is 7. The van der Waals surface area contributed by atoms with Crippen molar-refractivity contribution >= 4 is 11.4 Å². The van der Waals surface area contributed by atoms with E-state index in [1.165, 1.54) is 0 Å². The van der Waals surface area contributed by atoms with Gasteiger partial charge >= 0.3 is 11.4 Å². The van der Waals surface area contributed by atoms with Crippen LogP contribution in [0.4, 0.5) is 0 Å². The first-order valence-electron chi connectivity index (χ1n) is 7.74. The highest BCUT2D eigenvalue weighted by Crippen LogP contribution is 2.05. The van der Waals surface area contributed by atoms with Crippen molar-refractivity contribution < 1.29 is 31.5 Å². The monoisotopic (exact) mass is 342 g/mol. The molecule has 22 heavy (non-hydrogen) atoms. The van der Waals surface area contributed by atoms with E-state index in [1.54, 1.807) is 0 Å². The van der Waals surface area contributed by atoms with Gasteiger partial charge < -0.3 is 18.9 Å². The second kappa shape index (κ2) is 15.8. The lowest BCUT2D eigenvalue weighted by molar-refractivity contribution is -0.0206. The van der Waals surface area contributed by atoms with Gasteiger partial charge in [0.2, 0.25) is 0 Å². The van der Waals surface area contributed by atoms with E-state index in [1.807, 2.05) is 27.7 Å². The molecule has 0 aliphatic heterocycles. The van der Waals surface area contributed by atoms with Crippen molar-refractivity contribution in [2.45, 2.75) is 39.9 Å². The number of hydrogen-bond donors (Lipinski definition) is 0. The van der Waals surface area contributed by atoms with Gasteiger partial charge in [-0.15, -0.1) is 0 Å². The molecule has 0 spiro atoms. The zero-order chi connectivity index (χ0) is 16.6. The predicted molar refractivity (Wildman–Crippen MR) is 83.9 cm³/mol. The van der Waals surface area contributed by atoms with Gasteiger partial charge in [0.05, 0.1) is 26.4 Å². The number of rotatable bonds is 16. The van der Waals surface area contributed by atoms with Gasteiger partial charge in [0, 0.05) is 26.4 Å². The van der Waals surface area contributed by atoms with Crippen LogP contribution < -0.4 is 0 Å². The molecule has 0 N–H and O–H groups in total. The summed E-state index contributed by atoms with van der Waals surface area (Å²) in [6.07, 6.45) is -0.888. The van der Waals surface area contributed by atoms with Crippen molar-refractivity contribution in [2.24, 2.45) is 0 Å². The fourth-order valence-corrected chi connectivity index (χ4v) is 2.16. The Morgan fingerprint density at radius 3 is 1.14 bits per heavy atom. The van der Waals surface area contributed by atoms with E-state index in [9.17, 15) is 4.21 Å². The zero-order valence-corrected chi connectivity index (χ0v) is 14.9. The second-order valence-electron chi connectivity index (χ2n) is 4.28. The molecule has 0 saturated carbocycles. The first-order chi connectivity index (χ1) is 10.7. The first kappa shape index (κ1) is 21.9. The molecule has 0 unspecified atom stereocenters. The first-order valence-corrected chi connectivity index (χ1v) is 8.74. The van der Waals surface area contributed by atoms with E-state index in [0.29, 0.717) is 52.9 Å². The maximum atomic E-state index is 12.0. The predicted octanol–water partition coefficient (Wildman–Crippen LogP) is 1.48. The molecule has 0 heterocycles. The average molecular weight is 342 g/mol. The second-order valence-corrected chi connectivity index (χ2v) is 5.07. The molecule has 0 aromatic rings. The summed E-state index contributed by atoms with van der Waals surface area (Å²) in [6, 6.07) is 0. The molecule has 8 heteroatoms. The Hall–Kier alpha value is -0.0900. The number of ether oxygens (including phenoxy) is 4. The Bertz CT molecular complexity index is 226. The molecular formula is C14H30O7S. The molecule has 0 bridgehead atoms. The van der Waals surface area contributed by atoms with Crippen LogP contribution in [0.2, 0.25) is 0 Å². The zero-order valence-electron chi connectivity index (χ0n) is 14.1. The maximum Gasteiger partial charge on any atom is 0.305 e. The lowest BCUT2D eigenvalue weighted by atomic mass is 10.4. The van der Waals surface area contributed by atoms with Crippen molar-refractivity contribution in [1.29, 1.82) is 0 Å². The van der Waals surface area contributed by atoms with Crippen molar-refractivity contribution in [3.05, 3.63) is 0 Å². The summed E-state index contributed by atoms with van der Waals surface area (Å²) in [4.78, 5) is 0. The van der Waals surface area contributed by atoms with Gasteiger partial charge in [-0.1, -0.05) is 0 Å². The minimum absolute atomic E-state index is 0.299. The van der Waals surface area contributed by atoms with Crippen LogP contribution in [-0.2, 0) is 38.7 Å². The van der Waals surface area contributed by atoms with Crippen molar-refractivity contribution in [3.8, 4) is 0 Å². The minimum atomic E-state index is -1.91. The quantitative estimate of drug-likeness (QED) is 0.421. The molecule has 7 nitrogen and oxygen atoms in total. The molecule has 0 atom stereocenters. The highest BCUT2D eigenvalue weighted by molar-refractivity contribution is 7.75. The third kappa shape index (κ3) is 12.5. The van der Waals surface area contributed by atoms with Crippen LogP contribution in [0.5, 0.6) is 0 Å². The van der Waals surface area contributed by atoms with Gasteiger partial charge in [-0.3, -0.25) is 8.37 Å². The van der Waals surface area contributed by atoms with Crippen molar-refractivity contribution in [2.75, 3.05) is 52.9 Å². The van der Waals surface area contributed by atoms with Gasteiger partial charge in [0.1, 0.15) is 12.2 Å². The van der Waals surface area contributed by atoms with Gasteiger partial charge in [0.25, 0.3) is 0 Å². The summed E-state index contributed by atoms with van der Waals surface area (Å²) in [7, 11) is 0. The summed E-state index contributed by atoms with van der Waals surface area (Å²) < 4.78 is 43.8. The summed E-state index contributed by atoms with van der Waals surface area (Å²) >= 11 is -1.91. The molecule has 134 valence electrons. The van der Waals surface area contributed by atoms with E-state index in [2.05, 4.69) is 0 Å². The van der Waals surface area contributed by atoms with Crippen LogP contribution in [0.15, 0.2) is 0 Å². The Morgan fingerprint density at radius 1 is 0.636 bits per heavy atom. The lowest BCUT2D eigenvalue weighted by Crippen LogP contribution is -2.31. The van der Waals surface area contributed by atoms with E-state index in [4.69, 9.17) is 27.3 Å². The van der Waals surface area contributed by atoms with E-state index in [0.717, 1.165) is 0 Å². The van der Waals surface area contributed by atoms with Gasteiger partial charge in [-0.05, 0) is 27.7 Å². The topological polar surface area (TPSA) is 72.5 Å². The van der Waals surface area contributed by atoms with Crippen molar-refractivity contribution in [3.63, 3.8) is 0 Å². The van der Waals surface area contributed by atoms with Crippen LogP contribution in [0, 0.1) is 0 Å². The van der Waals surface area contributed by atoms with E-state index in [-0.39, 0.29) is 0 Å². The van der Waals surface area contributed by atoms with Crippen LogP contribution in [0.3, 0.4) is 0 Å². The summed E-state index contributed by atoms with van der Waals surface area (Å²) in [6.45, 7) is 10.9. The molecule has 0 saturated heterocycles. The molecule has 0 rings (SSSR count). The average Bonchev–Trinajstić information content (AvgIpc) is 2.52. The normalized spacial score (nSPS) is 12.0. The molecule has 0 radical (unpaired) electrons. The van der Waals surface area contributed by atoms with Crippen LogP contribution in [0.1, 0.15) is 27.7 Å². The minimum Gasteiger partial charge on any atom is -0.379 e.